The molecule has 3 aliphatic rings. The minimum absolute atomic E-state index is 0.0265. The molecule has 0 aromatic carbocycles. The van der Waals surface area contributed by atoms with Crippen LogP contribution in [0.3, 0.4) is 0 Å². The molecule has 4 rings (SSSR count). The molecule has 0 spiro atoms. The van der Waals surface area contributed by atoms with Crippen molar-refractivity contribution in [3.05, 3.63) is 18.5 Å². The number of rotatable bonds is 4. The lowest BCUT2D eigenvalue weighted by Crippen LogP contribution is -2.50. The number of aromatic nitrogens is 2. The highest BCUT2D eigenvalue weighted by Crippen LogP contribution is 2.48. The number of nitrogens with zero attached hydrogens (tertiary/aromatic N) is 4. The number of hydrogen-bond donors (Lipinski definition) is 0. The van der Waals surface area contributed by atoms with E-state index in [0.29, 0.717) is 44.0 Å². The Bertz CT molecular complexity index is 630. The van der Waals surface area contributed by atoms with Crippen LogP contribution in [0.25, 0.3) is 0 Å². The molecular weight excluding hydrogens is 320 g/mol. The third kappa shape index (κ3) is 3.45. The molecule has 134 valence electrons. The van der Waals surface area contributed by atoms with Crippen LogP contribution in [0.4, 0.5) is 5.95 Å². The highest BCUT2D eigenvalue weighted by Gasteiger charge is 2.44. The van der Waals surface area contributed by atoms with Gasteiger partial charge in [0.25, 0.3) is 5.91 Å². The second-order valence-corrected chi connectivity index (χ2v) is 7.31. The maximum atomic E-state index is 12.3. The number of esters is 1. The van der Waals surface area contributed by atoms with Gasteiger partial charge in [-0.15, -0.1) is 0 Å². The minimum atomic E-state index is -0.170. The van der Waals surface area contributed by atoms with Crippen LogP contribution in [0.1, 0.15) is 25.7 Å². The maximum absolute atomic E-state index is 12.3. The molecule has 1 amide bonds. The molecule has 0 N–H and O–H groups in total. The third-order valence-corrected chi connectivity index (χ3v) is 5.85. The zero-order valence-corrected chi connectivity index (χ0v) is 14.3. The summed E-state index contributed by atoms with van der Waals surface area (Å²) < 4.78 is 5.34. The fourth-order valence-electron chi connectivity index (χ4n) is 4.47. The Morgan fingerprint density at radius 1 is 1.08 bits per heavy atom. The maximum Gasteiger partial charge on any atom is 0.309 e. The third-order valence-electron chi connectivity index (χ3n) is 5.85. The van der Waals surface area contributed by atoms with Crippen LogP contribution in [0.2, 0.25) is 0 Å². The number of amides is 1. The molecular formula is C18H24N4O3. The lowest BCUT2D eigenvalue weighted by atomic mass is 9.89. The van der Waals surface area contributed by atoms with Gasteiger partial charge in [0.1, 0.15) is 0 Å². The number of anilines is 1. The first-order valence-electron chi connectivity index (χ1n) is 9.17. The van der Waals surface area contributed by atoms with E-state index in [9.17, 15) is 9.59 Å². The van der Waals surface area contributed by atoms with E-state index in [4.69, 9.17) is 4.74 Å². The summed E-state index contributed by atoms with van der Waals surface area (Å²) in [5.74, 6) is 1.63. The molecule has 3 atom stereocenters. The zero-order chi connectivity index (χ0) is 17.2. The minimum Gasteiger partial charge on any atom is -0.455 e. The van der Waals surface area contributed by atoms with Gasteiger partial charge in [-0.25, -0.2) is 9.97 Å². The van der Waals surface area contributed by atoms with Crippen LogP contribution in [0.5, 0.6) is 0 Å². The molecule has 1 aromatic heterocycles. The van der Waals surface area contributed by atoms with Gasteiger partial charge in [0.05, 0.1) is 5.92 Å². The molecule has 2 aliphatic carbocycles. The van der Waals surface area contributed by atoms with Crippen LogP contribution in [0.15, 0.2) is 18.5 Å². The van der Waals surface area contributed by atoms with E-state index in [1.807, 2.05) is 0 Å². The summed E-state index contributed by atoms with van der Waals surface area (Å²) in [6.07, 6.45) is 7.94. The van der Waals surface area contributed by atoms with E-state index in [0.717, 1.165) is 19.3 Å². The quantitative estimate of drug-likeness (QED) is 0.762. The molecule has 7 nitrogen and oxygen atoms in total. The van der Waals surface area contributed by atoms with Crippen LogP contribution in [0, 0.1) is 17.8 Å². The SMILES string of the molecule is O=C(OCC(=O)N1CCN(c2ncccn2)CC1)[C@@H]1C[C@H]2CC[C@H]1C2. The first kappa shape index (κ1) is 16.3. The summed E-state index contributed by atoms with van der Waals surface area (Å²) in [6, 6.07) is 1.79. The Kier molecular flexibility index (Phi) is 4.55. The number of piperazine rings is 1. The first-order valence-corrected chi connectivity index (χ1v) is 9.17. The summed E-state index contributed by atoms with van der Waals surface area (Å²) in [4.78, 5) is 36.9. The van der Waals surface area contributed by atoms with E-state index in [2.05, 4.69) is 14.9 Å². The fraction of sp³-hybridized carbons (Fsp3) is 0.667. The first-order chi connectivity index (χ1) is 12.2. The number of carbonyl (C=O) groups is 2. The van der Waals surface area contributed by atoms with Crippen LogP contribution in [-0.4, -0.2) is 59.5 Å². The monoisotopic (exact) mass is 344 g/mol. The Hall–Kier alpha value is -2.18. The topological polar surface area (TPSA) is 75.6 Å². The number of fused-ring (bicyclic) bond motifs is 2. The van der Waals surface area contributed by atoms with E-state index >= 15 is 0 Å². The summed E-state index contributed by atoms with van der Waals surface area (Å²) >= 11 is 0. The molecule has 2 saturated carbocycles. The van der Waals surface area contributed by atoms with Gasteiger partial charge in [0.2, 0.25) is 5.95 Å². The standard InChI is InChI=1S/C18H24N4O3/c23-16(12-25-17(24)15-11-13-2-3-14(15)10-13)21-6-8-22(9-7-21)18-19-4-1-5-20-18/h1,4-5,13-15H,2-3,6-12H2/t13-,14-,15+/m0/s1. The van der Waals surface area contributed by atoms with E-state index in [1.54, 1.807) is 23.4 Å². The summed E-state index contributed by atoms with van der Waals surface area (Å²) in [7, 11) is 0. The Morgan fingerprint density at radius 3 is 2.48 bits per heavy atom. The average Bonchev–Trinajstić information content (AvgIpc) is 3.30. The average molecular weight is 344 g/mol. The Morgan fingerprint density at radius 2 is 1.84 bits per heavy atom. The molecule has 2 bridgehead atoms. The molecule has 2 heterocycles. The zero-order valence-electron chi connectivity index (χ0n) is 14.3. The van der Waals surface area contributed by atoms with Gasteiger partial charge in [-0.3, -0.25) is 9.59 Å². The van der Waals surface area contributed by atoms with Gasteiger partial charge in [-0.2, -0.15) is 0 Å². The van der Waals surface area contributed by atoms with E-state index in [1.165, 1.54) is 6.42 Å². The summed E-state index contributed by atoms with van der Waals surface area (Å²) in [6.45, 7) is 2.45. The van der Waals surface area contributed by atoms with Gasteiger partial charge in [0.15, 0.2) is 6.61 Å². The van der Waals surface area contributed by atoms with Crippen molar-refractivity contribution in [2.45, 2.75) is 25.7 Å². The van der Waals surface area contributed by atoms with Gasteiger partial charge in [0, 0.05) is 38.6 Å². The Balaban J connectivity index is 1.22. The number of carbonyl (C=O) groups excluding carboxylic acids is 2. The second kappa shape index (κ2) is 6.98. The van der Waals surface area contributed by atoms with E-state index < -0.39 is 0 Å². The van der Waals surface area contributed by atoms with Crippen LogP contribution in [-0.2, 0) is 14.3 Å². The lowest BCUT2D eigenvalue weighted by Gasteiger charge is -2.34. The van der Waals surface area contributed by atoms with Crippen molar-refractivity contribution in [1.29, 1.82) is 0 Å². The molecule has 7 heteroatoms. The molecule has 1 aromatic rings. The molecule has 0 radical (unpaired) electrons. The van der Waals surface area contributed by atoms with Crippen LogP contribution < -0.4 is 4.90 Å². The van der Waals surface area contributed by atoms with Crippen LogP contribution >= 0.6 is 0 Å². The predicted octanol–water partition coefficient (Wildman–Crippen LogP) is 1.10. The highest BCUT2D eigenvalue weighted by atomic mass is 16.5. The number of hydrogen-bond acceptors (Lipinski definition) is 6. The Labute approximate surface area is 147 Å². The number of ether oxygens (including phenoxy) is 1. The van der Waals surface area contributed by atoms with Crippen molar-refractivity contribution in [3.63, 3.8) is 0 Å². The van der Waals surface area contributed by atoms with Gasteiger partial charge in [-0.05, 0) is 37.2 Å². The van der Waals surface area contributed by atoms with Crippen molar-refractivity contribution >= 4 is 17.8 Å². The molecule has 1 aliphatic heterocycles. The van der Waals surface area contributed by atoms with Crippen molar-refractivity contribution in [2.24, 2.45) is 17.8 Å². The molecule has 0 unspecified atom stereocenters. The van der Waals surface area contributed by atoms with Crippen molar-refractivity contribution in [3.8, 4) is 0 Å². The van der Waals surface area contributed by atoms with Crippen molar-refractivity contribution in [2.75, 3.05) is 37.7 Å². The summed E-state index contributed by atoms with van der Waals surface area (Å²) in [5, 5.41) is 0. The van der Waals surface area contributed by atoms with Gasteiger partial charge < -0.3 is 14.5 Å². The largest absolute Gasteiger partial charge is 0.455 e. The highest BCUT2D eigenvalue weighted by molar-refractivity contribution is 5.81. The smallest absolute Gasteiger partial charge is 0.309 e. The van der Waals surface area contributed by atoms with Crippen molar-refractivity contribution in [1.82, 2.24) is 14.9 Å². The second-order valence-electron chi connectivity index (χ2n) is 7.31. The normalized spacial score (nSPS) is 28.2. The van der Waals surface area contributed by atoms with Gasteiger partial charge >= 0.3 is 5.97 Å². The fourth-order valence-corrected chi connectivity index (χ4v) is 4.47. The lowest BCUT2D eigenvalue weighted by molar-refractivity contribution is -0.157. The van der Waals surface area contributed by atoms with E-state index in [-0.39, 0.29) is 24.4 Å². The predicted molar refractivity (Wildman–Crippen MR) is 90.7 cm³/mol. The molecule has 25 heavy (non-hydrogen) atoms. The molecule has 1 saturated heterocycles. The summed E-state index contributed by atoms with van der Waals surface area (Å²) in [5.41, 5.74) is 0. The van der Waals surface area contributed by atoms with Gasteiger partial charge in [-0.1, -0.05) is 6.42 Å². The molecule has 3 fully saturated rings. The van der Waals surface area contributed by atoms with Crippen molar-refractivity contribution < 1.29 is 14.3 Å².